The van der Waals surface area contributed by atoms with Crippen LogP contribution >= 0.6 is 0 Å². The van der Waals surface area contributed by atoms with E-state index in [-0.39, 0.29) is 17.4 Å². The summed E-state index contributed by atoms with van der Waals surface area (Å²) in [6.45, 7) is 3.42. The van der Waals surface area contributed by atoms with E-state index in [0.717, 1.165) is 0 Å². The number of nitrogens with zero attached hydrogens (tertiary/aromatic N) is 1. The first-order valence-corrected chi connectivity index (χ1v) is 5.62. The Bertz CT molecular complexity index is 566. The quantitative estimate of drug-likeness (QED) is 0.911. The van der Waals surface area contributed by atoms with E-state index in [4.69, 9.17) is 4.42 Å². The summed E-state index contributed by atoms with van der Waals surface area (Å²) < 4.78 is 32.9. The van der Waals surface area contributed by atoms with Crippen molar-refractivity contribution in [3.63, 3.8) is 0 Å². The van der Waals surface area contributed by atoms with Crippen molar-refractivity contribution in [2.24, 2.45) is 0 Å². The fraction of sp³-hybridized carbons (Fsp3) is 0.308. The molecule has 1 aromatic carbocycles. The van der Waals surface area contributed by atoms with Crippen molar-refractivity contribution in [1.29, 1.82) is 0 Å². The van der Waals surface area contributed by atoms with Crippen LogP contribution in [0.1, 0.15) is 24.4 Å². The summed E-state index contributed by atoms with van der Waals surface area (Å²) in [5, 5.41) is 2.94. The van der Waals surface area contributed by atoms with Gasteiger partial charge in [-0.05, 0) is 32.5 Å². The van der Waals surface area contributed by atoms with Gasteiger partial charge in [0.1, 0.15) is 11.6 Å². The van der Waals surface area contributed by atoms with E-state index in [0.29, 0.717) is 11.5 Å². The molecule has 1 aromatic heterocycles. The Balaban J connectivity index is 2.49. The number of rotatable bonds is 3. The van der Waals surface area contributed by atoms with E-state index in [1.807, 2.05) is 6.92 Å². The van der Waals surface area contributed by atoms with Crippen LogP contribution in [0.3, 0.4) is 0 Å². The van der Waals surface area contributed by atoms with Gasteiger partial charge in [-0.2, -0.15) is 0 Å². The first kappa shape index (κ1) is 12.7. The minimum absolute atomic E-state index is 0.103. The van der Waals surface area contributed by atoms with Crippen molar-refractivity contribution in [2.75, 3.05) is 7.05 Å². The van der Waals surface area contributed by atoms with Crippen molar-refractivity contribution >= 4 is 0 Å². The number of halogens is 2. The van der Waals surface area contributed by atoms with Crippen LogP contribution in [0.5, 0.6) is 0 Å². The third-order valence-corrected chi connectivity index (χ3v) is 2.86. The number of hydrogen-bond donors (Lipinski definition) is 1. The highest BCUT2D eigenvalue weighted by Crippen LogP contribution is 2.29. The molecule has 0 radical (unpaired) electrons. The van der Waals surface area contributed by atoms with E-state index < -0.39 is 11.6 Å². The van der Waals surface area contributed by atoms with Gasteiger partial charge in [0.2, 0.25) is 5.89 Å². The molecule has 18 heavy (non-hydrogen) atoms. The molecule has 0 saturated carbocycles. The summed E-state index contributed by atoms with van der Waals surface area (Å²) in [5.74, 6) is -0.772. The fourth-order valence-corrected chi connectivity index (χ4v) is 1.61. The molecule has 1 N–H and O–H groups in total. The van der Waals surface area contributed by atoms with Crippen molar-refractivity contribution < 1.29 is 13.2 Å². The Kier molecular flexibility index (Phi) is 3.43. The molecule has 0 aliphatic rings. The highest BCUT2D eigenvalue weighted by molar-refractivity contribution is 5.59. The lowest BCUT2D eigenvalue weighted by Crippen LogP contribution is -2.12. The second-order valence-electron chi connectivity index (χ2n) is 4.13. The normalized spacial score (nSPS) is 12.7. The number of hydrogen-bond acceptors (Lipinski definition) is 3. The maximum atomic E-state index is 13.9. The lowest BCUT2D eigenvalue weighted by atomic mass is 10.1. The van der Waals surface area contributed by atoms with Crippen molar-refractivity contribution in [3.05, 3.63) is 41.4 Å². The van der Waals surface area contributed by atoms with Gasteiger partial charge in [0, 0.05) is 0 Å². The molecule has 0 amide bonds. The largest absolute Gasteiger partial charge is 0.439 e. The molecule has 0 aliphatic heterocycles. The highest BCUT2D eigenvalue weighted by atomic mass is 19.1. The molecule has 3 nitrogen and oxygen atoms in total. The molecular weight excluding hydrogens is 238 g/mol. The number of aryl methyl sites for hydroxylation is 1. The molecule has 5 heteroatoms. The van der Waals surface area contributed by atoms with Gasteiger partial charge in [-0.3, -0.25) is 0 Å². The zero-order valence-corrected chi connectivity index (χ0v) is 10.4. The summed E-state index contributed by atoms with van der Waals surface area (Å²) >= 11 is 0. The molecule has 1 heterocycles. The lowest BCUT2D eigenvalue weighted by molar-refractivity contribution is 0.437. The van der Waals surface area contributed by atoms with Gasteiger partial charge in [-0.1, -0.05) is 6.07 Å². The van der Waals surface area contributed by atoms with Gasteiger partial charge in [-0.25, -0.2) is 13.8 Å². The van der Waals surface area contributed by atoms with Gasteiger partial charge in [0.15, 0.2) is 5.76 Å². The lowest BCUT2D eigenvalue weighted by Gasteiger charge is -2.05. The second kappa shape index (κ2) is 4.86. The van der Waals surface area contributed by atoms with Crippen LogP contribution in [-0.4, -0.2) is 12.0 Å². The van der Waals surface area contributed by atoms with Crippen LogP contribution in [-0.2, 0) is 0 Å². The van der Waals surface area contributed by atoms with Gasteiger partial charge >= 0.3 is 0 Å². The molecular formula is C13H14F2N2O. The first-order valence-electron chi connectivity index (χ1n) is 5.62. The zero-order valence-electron chi connectivity index (χ0n) is 10.4. The van der Waals surface area contributed by atoms with Crippen LogP contribution < -0.4 is 5.32 Å². The predicted octanol–water partition coefficient (Wildman–Crippen LogP) is 3.21. The Morgan fingerprint density at radius 3 is 2.72 bits per heavy atom. The minimum Gasteiger partial charge on any atom is -0.439 e. The van der Waals surface area contributed by atoms with Crippen molar-refractivity contribution in [1.82, 2.24) is 10.3 Å². The van der Waals surface area contributed by atoms with Gasteiger partial charge < -0.3 is 9.73 Å². The zero-order chi connectivity index (χ0) is 13.3. The van der Waals surface area contributed by atoms with E-state index in [1.54, 1.807) is 14.0 Å². The van der Waals surface area contributed by atoms with E-state index in [9.17, 15) is 8.78 Å². The number of aromatic nitrogens is 1. The van der Waals surface area contributed by atoms with Gasteiger partial charge in [0.05, 0.1) is 17.8 Å². The third kappa shape index (κ3) is 2.13. The summed E-state index contributed by atoms with van der Waals surface area (Å²) in [5.41, 5.74) is 0.197. The molecule has 0 fully saturated rings. The maximum absolute atomic E-state index is 13.9. The Morgan fingerprint density at radius 2 is 2.06 bits per heavy atom. The molecule has 2 aromatic rings. The first-order chi connectivity index (χ1) is 8.54. The van der Waals surface area contributed by atoms with Gasteiger partial charge in [0.25, 0.3) is 0 Å². The highest BCUT2D eigenvalue weighted by Gasteiger charge is 2.19. The predicted molar refractivity (Wildman–Crippen MR) is 64.1 cm³/mol. The molecule has 96 valence electrons. The average Bonchev–Trinajstić information content (AvgIpc) is 2.83. The topological polar surface area (TPSA) is 38.1 Å². The Labute approximate surface area is 104 Å². The Morgan fingerprint density at radius 1 is 1.33 bits per heavy atom. The van der Waals surface area contributed by atoms with Crippen LogP contribution in [0.4, 0.5) is 8.78 Å². The van der Waals surface area contributed by atoms with Crippen LogP contribution in [0.2, 0.25) is 0 Å². The monoisotopic (exact) mass is 252 g/mol. The fourth-order valence-electron chi connectivity index (χ4n) is 1.61. The summed E-state index contributed by atoms with van der Waals surface area (Å²) in [4.78, 5) is 4.01. The minimum atomic E-state index is -0.655. The number of oxazole rings is 1. The van der Waals surface area contributed by atoms with Gasteiger partial charge in [-0.15, -0.1) is 0 Å². The van der Waals surface area contributed by atoms with Crippen LogP contribution in [0.25, 0.3) is 11.3 Å². The molecule has 0 aliphatic carbocycles. The van der Waals surface area contributed by atoms with Crippen LogP contribution in [0.15, 0.2) is 22.7 Å². The van der Waals surface area contributed by atoms with Crippen molar-refractivity contribution in [3.8, 4) is 11.3 Å². The third-order valence-electron chi connectivity index (χ3n) is 2.86. The second-order valence-corrected chi connectivity index (χ2v) is 4.13. The molecule has 2 rings (SSSR count). The number of nitrogens with one attached hydrogen (secondary N) is 1. The van der Waals surface area contributed by atoms with E-state index >= 15 is 0 Å². The molecule has 0 spiro atoms. The molecule has 0 saturated heterocycles. The number of benzene rings is 1. The summed E-state index contributed by atoms with van der Waals surface area (Å²) in [6.07, 6.45) is 1.34. The maximum Gasteiger partial charge on any atom is 0.211 e. The molecule has 0 bridgehead atoms. The smallest absolute Gasteiger partial charge is 0.211 e. The van der Waals surface area contributed by atoms with E-state index in [2.05, 4.69) is 10.3 Å². The molecule has 1 atom stereocenters. The Hall–Kier alpha value is -1.75. The summed E-state index contributed by atoms with van der Waals surface area (Å²) in [6, 6.07) is 2.49. The SMILES string of the molecule is CNC(C)c1ncc(-c2c(F)ccc(C)c2F)o1. The van der Waals surface area contributed by atoms with Crippen LogP contribution in [0, 0.1) is 18.6 Å². The average molecular weight is 252 g/mol. The van der Waals surface area contributed by atoms with Crippen molar-refractivity contribution in [2.45, 2.75) is 19.9 Å². The molecule has 1 unspecified atom stereocenters. The van der Waals surface area contributed by atoms with E-state index in [1.165, 1.54) is 18.3 Å². The summed E-state index contributed by atoms with van der Waals surface area (Å²) in [7, 11) is 1.75. The standard InChI is InChI=1S/C13H14F2N2O/c1-7-4-5-9(14)11(12(7)15)10-6-17-13(18-10)8(2)16-3/h4-6,8,16H,1-3H3.